The molecule has 5 amide bonds. The van der Waals surface area contributed by atoms with Crippen LogP contribution in [0.15, 0.2) is 77.7 Å². The fourth-order valence-corrected chi connectivity index (χ4v) is 6.82. The number of hydrogen-bond acceptors (Lipinski definition) is 12. The second-order valence-corrected chi connectivity index (χ2v) is 14.0. The molecule has 1 fully saturated rings. The second kappa shape index (κ2) is 17.9. The first-order valence-electron chi connectivity index (χ1n) is 18.9. The highest BCUT2D eigenvalue weighted by Gasteiger charge is 2.39. The van der Waals surface area contributed by atoms with Crippen LogP contribution in [0.5, 0.6) is 0 Å². The number of ether oxygens (including phenoxy) is 1. The number of primary amides is 1. The van der Waals surface area contributed by atoms with E-state index < -0.39 is 36.5 Å². The van der Waals surface area contributed by atoms with Gasteiger partial charge in [-0.15, -0.1) is 0 Å². The van der Waals surface area contributed by atoms with Crippen LogP contribution < -0.4 is 27.0 Å². The number of carbonyl (C=O) groups excluding carboxylic acids is 5. The van der Waals surface area contributed by atoms with Gasteiger partial charge in [-0.1, -0.05) is 24.3 Å². The van der Waals surface area contributed by atoms with E-state index in [0.29, 0.717) is 56.9 Å². The van der Waals surface area contributed by atoms with Crippen molar-refractivity contribution in [1.29, 1.82) is 0 Å². The standard InChI is InChI=1S/C40H39F3N10O7/c41-40(42,43)22-47-32-17-25(12-13-46-32)38-49-30(21-60-38)36(56)48-29-20-53(51-34(29)35(44)55)26-8-6-23(7-9-26)18-45-14-16-59-15-2-4-24-3-1-5-27-28(24)19-52(39(27)58)31-10-11-33(54)50-37(31)57/h1,3,5-9,12-13,17,20-21,31,45H,2,4,10-11,14-16,18-19,22H2,(H2,44,55)(H,46,47)(H,48,56)(H,50,54,57). The number of oxazole rings is 1. The van der Waals surface area contributed by atoms with Crippen molar-refractivity contribution in [3.63, 3.8) is 0 Å². The number of piperidine rings is 1. The minimum atomic E-state index is -4.45. The summed E-state index contributed by atoms with van der Waals surface area (Å²) in [5.41, 5.74) is 9.56. The summed E-state index contributed by atoms with van der Waals surface area (Å²) in [5.74, 6) is -2.69. The first kappa shape index (κ1) is 41.2. The number of hydrogen-bond donors (Lipinski definition) is 5. The summed E-state index contributed by atoms with van der Waals surface area (Å²) in [6.07, 6.45) is 1.28. The van der Waals surface area contributed by atoms with E-state index in [-0.39, 0.29) is 52.6 Å². The highest BCUT2D eigenvalue weighted by molar-refractivity contribution is 6.07. The van der Waals surface area contributed by atoms with Crippen molar-refractivity contribution in [3.05, 3.63) is 107 Å². The zero-order valence-corrected chi connectivity index (χ0v) is 31.9. The van der Waals surface area contributed by atoms with Crippen molar-refractivity contribution >= 4 is 41.0 Å². The average Bonchev–Trinajstić information content (AvgIpc) is 3.97. The molecule has 7 rings (SSSR count). The van der Waals surface area contributed by atoms with E-state index in [1.54, 1.807) is 23.1 Å². The molecule has 0 spiro atoms. The fourth-order valence-electron chi connectivity index (χ4n) is 6.82. The summed E-state index contributed by atoms with van der Waals surface area (Å²) >= 11 is 0. The molecule has 17 nitrogen and oxygen atoms in total. The van der Waals surface area contributed by atoms with Crippen molar-refractivity contribution in [2.75, 3.05) is 36.9 Å². The maximum Gasteiger partial charge on any atom is 0.405 e. The predicted molar refractivity (Wildman–Crippen MR) is 208 cm³/mol. The van der Waals surface area contributed by atoms with Crippen molar-refractivity contribution in [1.82, 2.24) is 35.3 Å². The van der Waals surface area contributed by atoms with Crippen molar-refractivity contribution in [3.8, 4) is 17.1 Å². The third-order valence-corrected chi connectivity index (χ3v) is 9.78. The number of benzene rings is 2. The quantitative estimate of drug-likeness (QED) is 0.0667. The molecule has 3 aromatic heterocycles. The van der Waals surface area contributed by atoms with E-state index in [1.165, 1.54) is 29.2 Å². The van der Waals surface area contributed by atoms with Gasteiger partial charge in [-0.05, 0) is 66.3 Å². The molecule has 0 bridgehead atoms. The molecule has 2 aromatic carbocycles. The van der Waals surface area contributed by atoms with Gasteiger partial charge < -0.3 is 35.7 Å². The Kier molecular flexibility index (Phi) is 12.3. The molecule has 20 heteroatoms. The number of halogens is 3. The minimum Gasteiger partial charge on any atom is -0.444 e. The lowest BCUT2D eigenvalue weighted by atomic mass is 10.00. The Bertz CT molecular complexity index is 2410. The zero-order valence-electron chi connectivity index (χ0n) is 31.9. The first-order valence-corrected chi connectivity index (χ1v) is 18.9. The molecule has 312 valence electrons. The van der Waals surface area contributed by atoms with Crippen LogP contribution in [0.3, 0.4) is 0 Å². The van der Waals surface area contributed by atoms with Gasteiger partial charge in [0.25, 0.3) is 17.7 Å². The third-order valence-electron chi connectivity index (χ3n) is 9.78. The number of carbonyl (C=O) groups is 5. The summed E-state index contributed by atoms with van der Waals surface area (Å²) in [7, 11) is 0. The van der Waals surface area contributed by atoms with Crippen LogP contribution in [0.4, 0.5) is 24.7 Å². The lowest BCUT2D eigenvalue weighted by molar-refractivity contribution is -0.137. The Labute approximate surface area is 339 Å². The summed E-state index contributed by atoms with van der Waals surface area (Å²) in [4.78, 5) is 71.9. The van der Waals surface area contributed by atoms with E-state index in [1.807, 2.05) is 24.3 Å². The molecule has 5 heterocycles. The van der Waals surface area contributed by atoms with Gasteiger partial charge in [-0.3, -0.25) is 29.3 Å². The summed E-state index contributed by atoms with van der Waals surface area (Å²) in [5, 5.41) is 14.6. The monoisotopic (exact) mass is 828 g/mol. The lowest BCUT2D eigenvalue weighted by Gasteiger charge is -2.29. The number of anilines is 2. The number of pyridine rings is 1. The fraction of sp³-hybridized carbons (Fsp3) is 0.300. The average molecular weight is 829 g/mol. The zero-order chi connectivity index (χ0) is 42.4. The van der Waals surface area contributed by atoms with E-state index in [0.717, 1.165) is 29.4 Å². The van der Waals surface area contributed by atoms with Crippen LogP contribution in [0.25, 0.3) is 17.1 Å². The molecule has 1 atom stereocenters. The number of nitrogens with one attached hydrogen (secondary N) is 4. The molecule has 2 aliphatic rings. The maximum atomic E-state index is 13.1. The van der Waals surface area contributed by atoms with Gasteiger partial charge in [0.2, 0.25) is 17.7 Å². The smallest absolute Gasteiger partial charge is 0.405 e. The summed E-state index contributed by atoms with van der Waals surface area (Å²) in [6.45, 7) is 1.19. The molecule has 0 aliphatic carbocycles. The largest absolute Gasteiger partial charge is 0.444 e. The van der Waals surface area contributed by atoms with Gasteiger partial charge in [0, 0.05) is 50.0 Å². The number of imide groups is 1. The topological polar surface area (TPSA) is 229 Å². The molecule has 0 radical (unpaired) electrons. The van der Waals surface area contributed by atoms with Crippen LogP contribution in [0.1, 0.15) is 67.3 Å². The van der Waals surface area contributed by atoms with E-state index >= 15 is 0 Å². The Morgan fingerprint density at radius 3 is 2.65 bits per heavy atom. The van der Waals surface area contributed by atoms with Crippen LogP contribution in [0, 0.1) is 0 Å². The number of fused-ring (bicyclic) bond motifs is 1. The van der Waals surface area contributed by atoms with Crippen molar-refractivity contribution < 1.29 is 46.3 Å². The van der Waals surface area contributed by atoms with Gasteiger partial charge in [-0.2, -0.15) is 18.3 Å². The molecule has 6 N–H and O–H groups in total. The molecule has 60 heavy (non-hydrogen) atoms. The van der Waals surface area contributed by atoms with Crippen LogP contribution >= 0.6 is 0 Å². The number of nitrogens with two attached hydrogens (primary N) is 1. The second-order valence-electron chi connectivity index (χ2n) is 14.0. The molecule has 2 aliphatic heterocycles. The Hall–Kier alpha value is -6.93. The Balaban J connectivity index is 0.850. The van der Waals surface area contributed by atoms with Gasteiger partial charge in [0.1, 0.15) is 24.7 Å². The van der Waals surface area contributed by atoms with Crippen molar-refractivity contribution in [2.45, 2.75) is 51.0 Å². The molecule has 0 saturated carbocycles. The highest BCUT2D eigenvalue weighted by Crippen LogP contribution is 2.31. The number of aryl methyl sites for hydroxylation is 1. The normalized spacial score (nSPS) is 15.2. The summed E-state index contributed by atoms with van der Waals surface area (Å²) < 4.78 is 50.4. The molecule has 1 unspecified atom stereocenters. The predicted octanol–water partition coefficient (Wildman–Crippen LogP) is 3.75. The Morgan fingerprint density at radius 1 is 1.07 bits per heavy atom. The van der Waals surface area contributed by atoms with Crippen LogP contribution in [0.2, 0.25) is 0 Å². The molecular formula is C40H39F3N10O7. The van der Waals surface area contributed by atoms with Crippen LogP contribution in [-0.4, -0.2) is 92.7 Å². The van der Waals surface area contributed by atoms with Gasteiger partial charge in [0.15, 0.2) is 11.4 Å². The minimum absolute atomic E-state index is 0.0181. The van der Waals surface area contributed by atoms with Gasteiger partial charge >= 0.3 is 6.18 Å². The molecule has 5 aromatic rings. The van der Waals surface area contributed by atoms with Gasteiger partial charge in [0.05, 0.1) is 24.2 Å². The number of nitrogens with zero attached hydrogens (tertiary/aromatic N) is 5. The van der Waals surface area contributed by atoms with Crippen LogP contribution in [-0.2, 0) is 33.8 Å². The maximum absolute atomic E-state index is 13.1. The first-order chi connectivity index (χ1) is 28.8. The number of aromatic nitrogens is 4. The number of alkyl halides is 3. The number of rotatable bonds is 17. The van der Waals surface area contributed by atoms with E-state index in [4.69, 9.17) is 14.9 Å². The number of amides is 5. The Morgan fingerprint density at radius 2 is 1.88 bits per heavy atom. The molecule has 1 saturated heterocycles. The van der Waals surface area contributed by atoms with Gasteiger partial charge in [-0.25, -0.2) is 14.6 Å². The SMILES string of the molecule is NC(=O)c1nn(-c2ccc(CNCCOCCCc3cccc4c3CN(C3CCC(=O)NC3=O)C4=O)cc2)cc1NC(=O)c1coc(-c2ccnc(NCC(F)(F)F)c2)n1. The molecular weight excluding hydrogens is 789 g/mol. The third kappa shape index (κ3) is 9.84. The van der Waals surface area contributed by atoms with E-state index in [2.05, 4.69) is 36.3 Å². The summed E-state index contributed by atoms with van der Waals surface area (Å²) in [6, 6.07) is 15.0. The van der Waals surface area contributed by atoms with Crippen molar-refractivity contribution in [2.24, 2.45) is 5.73 Å². The lowest BCUT2D eigenvalue weighted by Crippen LogP contribution is -2.52. The van der Waals surface area contributed by atoms with E-state index in [9.17, 15) is 37.1 Å². The highest BCUT2D eigenvalue weighted by atomic mass is 19.4.